The molecule has 5 aliphatic rings. The monoisotopic (exact) mass is 712 g/mol. The van der Waals surface area contributed by atoms with Crippen molar-refractivity contribution >= 4 is 35.8 Å². The molecule has 2 bridgehead atoms. The van der Waals surface area contributed by atoms with Crippen LogP contribution in [0.25, 0.3) is 0 Å². The molecule has 1 saturated heterocycles. The van der Waals surface area contributed by atoms with Crippen LogP contribution in [-0.4, -0.2) is 77.7 Å². The van der Waals surface area contributed by atoms with E-state index in [-0.39, 0.29) is 36.7 Å². The molecule has 4 saturated carbocycles. The van der Waals surface area contributed by atoms with Gasteiger partial charge >= 0.3 is 35.8 Å². The van der Waals surface area contributed by atoms with Crippen LogP contribution in [0.4, 0.5) is 0 Å². The van der Waals surface area contributed by atoms with Gasteiger partial charge in [-0.2, -0.15) is 0 Å². The highest BCUT2D eigenvalue weighted by Crippen LogP contribution is 2.80. The average Bonchev–Trinajstić information content (AvgIpc) is 3.33. The van der Waals surface area contributed by atoms with E-state index in [9.17, 15) is 28.8 Å². The van der Waals surface area contributed by atoms with Gasteiger partial charge in [-0.3, -0.25) is 24.0 Å². The molecule has 0 amide bonds. The Labute approximate surface area is 297 Å². The summed E-state index contributed by atoms with van der Waals surface area (Å²) in [6, 6.07) is 8.39. The van der Waals surface area contributed by atoms with E-state index in [1.807, 2.05) is 0 Å². The van der Waals surface area contributed by atoms with Gasteiger partial charge in [0, 0.05) is 40.0 Å². The molecule has 4 aliphatic carbocycles. The van der Waals surface area contributed by atoms with Gasteiger partial charge in [0.15, 0.2) is 11.7 Å². The maximum absolute atomic E-state index is 14.0. The lowest BCUT2D eigenvalue weighted by Crippen LogP contribution is -2.66. The minimum Gasteiger partial charge on any atom is -0.461 e. The maximum atomic E-state index is 14.0. The zero-order chi connectivity index (χ0) is 37.4. The van der Waals surface area contributed by atoms with Gasteiger partial charge in [0.05, 0.1) is 11.5 Å². The SMILES string of the molecule is CCC(=O)O[C@@H]1[C@@H]2[C@@H](OC(C)=O)[C@@]34C(OC(C)=O)O[C@@](C)([C@H](OC(C)=O)[C@@]2(OC(C)=O)C[C@@H]1C)[C@@H]3[C@@H]1[C@H](C[C@H]4OC(=O)c2ccccc2)C1(C)C. The number of rotatable bonds is 8. The number of benzene rings is 1. The molecule has 6 rings (SSSR count). The second-order valence-electron chi connectivity index (χ2n) is 15.8. The molecule has 1 unspecified atom stereocenters. The summed E-state index contributed by atoms with van der Waals surface area (Å²) in [4.78, 5) is 80.0. The van der Waals surface area contributed by atoms with E-state index in [1.165, 1.54) is 27.7 Å². The highest BCUT2D eigenvalue weighted by Gasteiger charge is 2.89. The van der Waals surface area contributed by atoms with Gasteiger partial charge in [-0.1, -0.05) is 45.9 Å². The Bertz CT molecular complexity index is 1620. The van der Waals surface area contributed by atoms with E-state index in [4.69, 9.17) is 33.2 Å². The number of carbonyl (C=O) groups excluding carboxylic acids is 6. The van der Waals surface area contributed by atoms with Crippen LogP contribution in [0.15, 0.2) is 30.3 Å². The third-order valence-electron chi connectivity index (χ3n) is 12.4. The van der Waals surface area contributed by atoms with Gasteiger partial charge in [0.1, 0.15) is 29.3 Å². The lowest BCUT2D eigenvalue weighted by atomic mass is 9.56. The molecule has 1 aliphatic heterocycles. The normalized spacial score (nSPS) is 41.0. The summed E-state index contributed by atoms with van der Waals surface area (Å²) in [5.41, 5.74) is -5.17. The second-order valence-corrected chi connectivity index (χ2v) is 15.8. The second kappa shape index (κ2) is 12.6. The van der Waals surface area contributed by atoms with Crippen molar-refractivity contribution in [2.24, 2.45) is 40.4 Å². The number of ether oxygens (including phenoxy) is 7. The maximum Gasteiger partial charge on any atom is 0.338 e. The van der Waals surface area contributed by atoms with E-state index in [2.05, 4.69) is 13.8 Å². The number of carbonyl (C=O) groups is 6. The summed E-state index contributed by atoms with van der Waals surface area (Å²) in [6.07, 6.45) is -6.15. The van der Waals surface area contributed by atoms with Gasteiger partial charge in [-0.25, -0.2) is 4.79 Å². The van der Waals surface area contributed by atoms with Crippen LogP contribution in [0, 0.1) is 40.4 Å². The third kappa shape index (κ3) is 5.52. The molecule has 278 valence electrons. The van der Waals surface area contributed by atoms with Crippen molar-refractivity contribution in [2.75, 3.05) is 0 Å². The number of esters is 6. The molecule has 0 radical (unpaired) electrons. The molecule has 0 N–H and O–H groups in total. The van der Waals surface area contributed by atoms with E-state index in [1.54, 1.807) is 51.1 Å². The molecule has 1 aromatic rings. The highest BCUT2D eigenvalue weighted by atomic mass is 16.7. The van der Waals surface area contributed by atoms with Crippen molar-refractivity contribution in [1.82, 2.24) is 0 Å². The van der Waals surface area contributed by atoms with E-state index < -0.39 is 106 Å². The Kier molecular flexibility index (Phi) is 9.08. The fraction of sp³-hybridized carbons (Fsp3) is 0.684. The summed E-state index contributed by atoms with van der Waals surface area (Å²) in [6.45, 7) is 14.2. The van der Waals surface area contributed by atoms with Crippen molar-refractivity contribution in [3.8, 4) is 0 Å². The zero-order valence-corrected chi connectivity index (χ0v) is 30.6. The third-order valence-corrected chi connectivity index (χ3v) is 12.4. The molecule has 0 aromatic heterocycles. The van der Waals surface area contributed by atoms with Crippen molar-refractivity contribution < 1.29 is 61.9 Å². The van der Waals surface area contributed by atoms with Crippen LogP contribution in [0.5, 0.6) is 0 Å². The first-order chi connectivity index (χ1) is 23.9. The predicted octanol–water partition coefficient (Wildman–Crippen LogP) is 4.33. The number of hydrogen-bond acceptors (Lipinski definition) is 13. The van der Waals surface area contributed by atoms with E-state index in [0.29, 0.717) is 0 Å². The quantitative estimate of drug-likeness (QED) is 0.276. The van der Waals surface area contributed by atoms with Crippen LogP contribution in [-0.2, 0) is 57.1 Å². The Morgan fingerprint density at radius 2 is 1.43 bits per heavy atom. The van der Waals surface area contributed by atoms with Gasteiger partial charge < -0.3 is 33.2 Å². The highest BCUT2D eigenvalue weighted by molar-refractivity contribution is 5.89. The van der Waals surface area contributed by atoms with Crippen molar-refractivity contribution in [3.05, 3.63) is 35.9 Å². The molecule has 1 heterocycles. The van der Waals surface area contributed by atoms with Crippen LogP contribution >= 0.6 is 0 Å². The van der Waals surface area contributed by atoms with Crippen LogP contribution in [0.3, 0.4) is 0 Å². The molecule has 5 fully saturated rings. The van der Waals surface area contributed by atoms with E-state index >= 15 is 0 Å². The molecule has 13 heteroatoms. The molecule has 0 spiro atoms. The lowest BCUT2D eigenvalue weighted by Gasteiger charge is -2.52. The summed E-state index contributed by atoms with van der Waals surface area (Å²) in [5, 5.41) is 0. The van der Waals surface area contributed by atoms with Crippen molar-refractivity contribution in [1.29, 1.82) is 0 Å². The Hall–Kier alpha value is -4.00. The number of hydrogen-bond donors (Lipinski definition) is 0. The van der Waals surface area contributed by atoms with Crippen LogP contribution in [0.1, 0.15) is 91.9 Å². The first kappa shape index (κ1) is 36.8. The smallest absolute Gasteiger partial charge is 0.338 e. The number of fused-ring (bicyclic) bond motifs is 2. The van der Waals surface area contributed by atoms with E-state index in [0.717, 1.165) is 0 Å². The molecule has 1 aromatic carbocycles. The summed E-state index contributed by atoms with van der Waals surface area (Å²) in [5.74, 6) is -6.87. The minimum absolute atomic E-state index is 0.0159. The molecule has 51 heavy (non-hydrogen) atoms. The van der Waals surface area contributed by atoms with Crippen LogP contribution in [0.2, 0.25) is 0 Å². The summed E-state index contributed by atoms with van der Waals surface area (Å²) < 4.78 is 44.6. The van der Waals surface area contributed by atoms with Crippen molar-refractivity contribution in [3.63, 3.8) is 0 Å². The minimum atomic E-state index is -1.78. The molecular weight excluding hydrogens is 664 g/mol. The van der Waals surface area contributed by atoms with Gasteiger partial charge in [0.25, 0.3) is 0 Å². The largest absolute Gasteiger partial charge is 0.461 e. The van der Waals surface area contributed by atoms with Gasteiger partial charge in [0.2, 0.25) is 6.29 Å². The molecular formula is C38H48O13. The Morgan fingerprint density at radius 1 is 0.804 bits per heavy atom. The average molecular weight is 713 g/mol. The van der Waals surface area contributed by atoms with Crippen molar-refractivity contribution in [2.45, 2.75) is 123 Å². The fourth-order valence-corrected chi connectivity index (χ4v) is 10.8. The lowest BCUT2D eigenvalue weighted by molar-refractivity contribution is -0.292. The summed E-state index contributed by atoms with van der Waals surface area (Å²) >= 11 is 0. The Morgan fingerprint density at radius 3 is 2.00 bits per heavy atom. The van der Waals surface area contributed by atoms with Gasteiger partial charge in [-0.15, -0.1) is 0 Å². The first-order valence-electron chi connectivity index (χ1n) is 17.7. The first-order valence-corrected chi connectivity index (χ1v) is 17.7. The fourth-order valence-electron chi connectivity index (χ4n) is 10.8. The standard InChI is InChI=1S/C38H48O13/c1-10-26(43)49-29-18(2)17-37(50-22(6)42)28(29)31(45-19(3)39)38-25(48-32(44)23-14-12-11-13-15-23)16-24-27(35(24,7)8)30(38)36(9,33(37)46-20(4)40)51-34(38)47-21(5)41/h11-15,18,24-25,27-31,33-34H,10,16-17H2,1-9H3/t18-,24-,25+,27-,28+,29-,30-,31+,33-,34?,36+,37+,38-/m0/s1. The topological polar surface area (TPSA) is 167 Å². The Balaban J connectivity index is 1.71. The summed E-state index contributed by atoms with van der Waals surface area (Å²) in [7, 11) is 0. The van der Waals surface area contributed by atoms with Gasteiger partial charge in [-0.05, 0) is 55.1 Å². The predicted molar refractivity (Wildman–Crippen MR) is 175 cm³/mol. The molecule has 13 nitrogen and oxygen atoms in total. The molecule has 13 atom stereocenters. The van der Waals surface area contributed by atoms with Crippen LogP contribution < -0.4 is 0 Å². The zero-order valence-electron chi connectivity index (χ0n) is 30.6.